The summed E-state index contributed by atoms with van der Waals surface area (Å²) in [4.78, 5) is 0. The zero-order chi connectivity index (χ0) is 13.1. The largest absolute Gasteiger partial charge is 0.249 e. The van der Waals surface area contributed by atoms with Crippen LogP contribution in [0.1, 0.15) is 6.92 Å². The lowest BCUT2D eigenvalue weighted by Gasteiger charge is -2.05. The summed E-state index contributed by atoms with van der Waals surface area (Å²) in [6, 6.07) is 6.32. The molecule has 0 aliphatic carbocycles. The maximum atomic E-state index is 8.73. The molecule has 1 rings (SSSR count). The van der Waals surface area contributed by atoms with E-state index in [1.165, 1.54) is 19.1 Å². The van der Waals surface area contributed by atoms with Crippen molar-refractivity contribution >= 4 is 40.5 Å². The van der Waals surface area contributed by atoms with E-state index in [0.717, 1.165) is 0 Å². The lowest BCUT2D eigenvalue weighted by molar-refractivity contribution is 0.720. The van der Waals surface area contributed by atoms with Gasteiger partial charge in [-0.1, -0.05) is 34.8 Å². The van der Waals surface area contributed by atoms with E-state index >= 15 is 0 Å². The zero-order valence-electron chi connectivity index (χ0n) is 8.58. The summed E-state index contributed by atoms with van der Waals surface area (Å²) >= 11 is 17.4. The van der Waals surface area contributed by atoms with Crippen LogP contribution in [0, 0.1) is 22.7 Å². The Hall–Kier alpha value is -1.33. The number of azo groups is 1. The Bertz CT molecular complexity index is 517. The second-order valence-electron chi connectivity index (χ2n) is 3.21. The Labute approximate surface area is 113 Å². The molecule has 0 N–H and O–H groups in total. The van der Waals surface area contributed by atoms with Crippen LogP contribution in [0.3, 0.4) is 0 Å². The molecule has 1 aromatic rings. The molecule has 0 radical (unpaired) electrons. The molecule has 17 heavy (non-hydrogen) atoms. The summed E-state index contributed by atoms with van der Waals surface area (Å²) in [5, 5.41) is 25.5. The van der Waals surface area contributed by atoms with E-state index in [1.807, 2.05) is 0 Å². The zero-order valence-corrected chi connectivity index (χ0v) is 10.8. The molecule has 4 nitrogen and oxygen atoms in total. The average molecular weight is 288 g/mol. The minimum atomic E-state index is -1.56. The summed E-state index contributed by atoms with van der Waals surface area (Å²) in [5.74, 6) is 0. The molecule has 0 aliphatic rings. The van der Waals surface area contributed by atoms with E-state index < -0.39 is 5.54 Å². The predicted octanol–water partition coefficient (Wildman–Crippen LogP) is 4.54. The molecule has 0 saturated heterocycles. The van der Waals surface area contributed by atoms with Crippen LogP contribution in [0.4, 0.5) is 5.69 Å². The van der Waals surface area contributed by atoms with Crippen LogP contribution in [-0.2, 0) is 0 Å². The Morgan fingerprint density at radius 1 is 1.12 bits per heavy atom. The lowest BCUT2D eigenvalue weighted by Crippen LogP contribution is -2.14. The third-order valence-corrected chi connectivity index (χ3v) is 2.56. The van der Waals surface area contributed by atoms with E-state index in [1.54, 1.807) is 12.1 Å². The third kappa shape index (κ3) is 3.31. The van der Waals surface area contributed by atoms with Crippen LogP contribution in [0.25, 0.3) is 0 Å². The van der Waals surface area contributed by atoms with Crippen molar-refractivity contribution in [2.24, 2.45) is 10.2 Å². The van der Waals surface area contributed by atoms with Gasteiger partial charge in [-0.2, -0.15) is 20.8 Å². The Kier molecular flexibility index (Phi) is 4.31. The normalized spacial score (nSPS) is 11.2. The molecule has 0 spiro atoms. The van der Waals surface area contributed by atoms with E-state index in [-0.39, 0.29) is 15.7 Å². The first-order valence-electron chi connectivity index (χ1n) is 4.32. The Morgan fingerprint density at radius 3 is 2.00 bits per heavy atom. The highest BCUT2D eigenvalue weighted by Crippen LogP contribution is 2.36. The van der Waals surface area contributed by atoms with Gasteiger partial charge < -0.3 is 0 Å². The fraction of sp³-hybridized carbons (Fsp3) is 0.200. The minimum absolute atomic E-state index is 0.175. The number of hydrogen-bond acceptors (Lipinski definition) is 4. The monoisotopic (exact) mass is 286 g/mol. The van der Waals surface area contributed by atoms with Crippen molar-refractivity contribution in [1.29, 1.82) is 10.5 Å². The summed E-state index contributed by atoms with van der Waals surface area (Å²) in [5.41, 5.74) is -1.39. The van der Waals surface area contributed by atoms with Gasteiger partial charge >= 0.3 is 0 Å². The second kappa shape index (κ2) is 5.33. The number of rotatable bonds is 2. The summed E-state index contributed by atoms with van der Waals surface area (Å²) in [6.07, 6.45) is 0. The molecule has 0 amide bonds. The molecular weight excluding hydrogens is 282 g/mol. The molecule has 0 bridgehead atoms. The predicted molar refractivity (Wildman–Crippen MR) is 65.6 cm³/mol. The van der Waals surface area contributed by atoms with Crippen LogP contribution in [-0.4, -0.2) is 5.54 Å². The second-order valence-corrected chi connectivity index (χ2v) is 4.46. The highest BCUT2D eigenvalue weighted by molar-refractivity contribution is 6.41. The van der Waals surface area contributed by atoms with Gasteiger partial charge in [0.05, 0.1) is 10.0 Å². The van der Waals surface area contributed by atoms with Gasteiger partial charge in [-0.25, -0.2) is 0 Å². The van der Waals surface area contributed by atoms with Crippen molar-refractivity contribution in [3.8, 4) is 12.1 Å². The quantitative estimate of drug-likeness (QED) is 0.749. The summed E-state index contributed by atoms with van der Waals surface area (Å²) < 4.78 is 0. The van der Waals surface area contributed by atoms with Crippen molar-refractivity contribution in [2.75, 3.05) is 0 Å². The van der Waals surface area contributed by atoms with Gasteiger partial charge in [-0.15, -0.1) is 0 Å². The highest BCUT2D eigenvalue weighted by Gasteiger charge is 2.22. The molecule has 1 aromatic carbocycles. The molecule has 0 aliphatic heterocycles. The molecule has 0 atom stereocenters. The summed E-state index contributed by atoms with van der Waals surface area (Å²) in [6.45, 7) is 1.33. The van der Waals surface area contributed by atoms with Gasteiger partial charge in [0.1, 0.15) is 17.8 Å². The standard InChI is InChI=1S/C10H5Cl3N4/c1-10(4-14,5-15)17-16-9-7(12)2-6(11)3-8(9)13/h2-3H,1H3. The smallest absolute Gasteiger partial charge is 0.194 e. The van der Waals surface area contributed by atoms with Gasteiger partial charge in [0.25, 0.3) is 0 Å². The molecule has 0 unspecified atom stereocenters. The van der Waals surface area contributed by atoms with Crippen LogP contribution in [0.15, 0.2) is 22.4 Å². The van der Waals surface area contributed by atoms with Crippen LogP contribution in [0.5, 0.6) is 0 Å². The molecule has 86 valence electrons. The van der Waals surface area contributed by atoms with E-state index in [2.05, 4.69) is 10.2 Å². The first-order chi connectivity index (χ1) is 7.91. The van der Waals surface area contributed by atoms with Gasteiger partial charge in [0.2, 0.25) is 5.54 Å². The van der Waals surface area contributed by atoms with E-state index in [4.69, 9.17) is 45.3 Å². The van der Waals surface area contributed by atoms with Crippen molar-refractivity contribution in [3.05, 3.63) is 27.2 Å². The molecule has 0 saturated carbocycles. The number of benzene rings is 1. The molecule has 0 heterocycles. The maximum absolute atomic E-state index is 8.73. The first kappa shape index (κ1) is 13.7. The van der Waals surface area contributed by atoms with Gasteiger partial charge in [0.15, 0.2) is 0 Å². The average Bonchev–Trinajstić information content (AvgIpc) is 2.27. The van der Waals surface area contributed by atoms with Crippen LogP contribution in [0.2, 0.25) is 15.1 Å². The number of nitrogens with zero attached hydrogens (tertiary/aromatic N) is 4. The van der Waals surface area contributed by atoms with Gasteiger partial charge in [-0.3, -0.25) is 0 Å². The summed E-state index contributed by atoms with van der Waals surface area (Å²) in [7, 11) is 0. The first-order valence-corrected chi connectivity index (χ1v) is 5.45. The van der Waals surface area contributed by atoms with E-state index in [9.17, 15) is 0 Å². The van der Waals surface area contributed by atoms with Crippen molar-refractivity contribution in [2.45, 2.75) is 12.5 Å². The van der Waals surface area contributed by atoms with Crippen molar-refractivity contribution in [3.63, 3.8) is 0 Å². The Balaban J connectivity index is 3.19. The van der Waals surface area contributed by atoms with E-state index in [0.29, 0.717) is 5.02 Å². The number of halogens is 3. The fourth-order valence-electron chi connectivity index (χ4n) is 0.850. The number of hydrogen-bond donors (Lipinski definition) is 0. The molecule has 7 heteroatoms. The molecule has 0 fully saturated rings. The SMILES string of the molecule is CC(C#N)(C#N)N=Nc1c(Cl)cc(Cl)cc1Cl. The maximum Gasteiger partial charge on any atom is 0.249 e. The Morgan fingerprint density at radius 2 is 1.59 bits per heavy atom. The highest BCUT2D eigenvalue weighted by atomic mass is 35.5. The third-order valence-electron chi connectivity index (χ3n) is 1.77. The lowest BCUT2D eigenvalue weighted by atomic mass is 10.1. The van der Waals surface area contributed by atoms with Gasteiger partial charge in [0, 0.05) is 5.02 Å². The molecule has 0 aromatic heterocycles. The van der Waals surface area contributed by atoms with Crippen LogP contribution >= 0.6 is 34.8 Å². The van der Waals surface area contributed by atoms with Gasteiger partial charge in [-0.05, 0) is 19.1 Å². The molecular formula is C10H5Cl3N4. The fourth-order valence-corrected chi connectivity index (χ4v) is 1.74. The van der Waals surface area contributed by atoms with Crippen molar-refractivity contribution < 1.29 is 0 Å². The minimum Gasteiger partial charge on any atom is -0.194 e. The number of nitriles is 2. The van der Waals surface area contributed by atoms with Crippen molar-refractivity contribution in [1.82, 2.24) is 0 Å². The topological polar surface area (TPSA) is 72.3 Å². The van der Waals surface area contributed by atoms with Crippen LogP contribution < -0.4 is 0 Å².